The van der Waals surface area contributed by atoms with E-state index in [0.717, 1.165) is 30.9 Å². The van der Waals surface area contributed by atoms with Gasteiger partial charge in [0.2, 0.25) is 0 Å². The molecule has 0 saturated carbocycles. The number of rotatable bonds is 9. The summed E-state index contributed by atoms with van der Waals surface area (Å²) in [5.74, 6) is 0.959. The summed E-state index contributed by atoms with van der Waals surface area (Å²) in [5, 5.41) is 4.67. The van der Waals surface area contributed by atoms with Gasteiger partial charge in [0, 0.05) is 30.1 Å². The van der Waals surface area contributed by atoms with Gasteiger partial charge in [0.1, 0.15) is 18.0 Å². The fourth-order valence-corrected chi connectivity index (χ4v) is 2.39. The van der Waals surface area contributed by atoms with Crippen LogP contribution in [0.15, 0.2) is 28.7 Å². The van der Waals surface area contributed by atoms with Gasteiger partial charge >= 0.3 is 0 Å². The highest BCUT2D eigenvalue weighted by Gasteiger charge is 2.14. The molecule has 2 aromatic rings. The fraction of sp³-hybridized carbons (Fsp3) is 0.556. The van der Waals surface area contributed by atoms with Crippen molar-refractivity contribution in [3.05, 3.63) is 35.6 Å². The summed E-state index contributed by atoms with van der Waals surface area (Å²) >= 11 is 0. The van der Waals surface area contributed by atoms with Crippen LogP contribution in [0.4, 0.5) is 0 Å². The summed E-state index contributed by atoms with van der Waals surface area (Å²) in [6, 6.07) is 8.67. The smallest absolute Gasteiger partial charge is 0.135 e. The number of nitrogens with one attached hydrogen (secondary N) is 1. The second-order valence-corrected chi connectivity index (χ2v) is 5.80. The summed E-state index contributed by atoms with van der Waals surface area (Å²) in [6.45, 7) is 8.71. The summed E-state index contributed by atoms with van der Waals surface area (Å²) in [5.41, 5.74) is 2.18. The second-order valence-electron chi connectivity index (χ2n) is 5.80. The van der Waals surface area contributed by atoms with E-state index in [2.05, 4.69) is 38.2 Å². The van der Waals surface area contributed by atoms with Crippen LogP contribution in [-0.4, -0.2) is 12.6 Å². The maximum atomic E-state index is 5.97. The van der Waals surface area contributed by atoms with Crippen molar-refractivity contribution in [2.75, 3.05) is 6.61 Å². The number of fused-ring (bicyclic) bond motifs is 1. The number of para-hydroxylation sites is 1. The van der Waals surface area contributed by atoms with E-state index in [1.54, 1.807) is 0 Å². The topological polar surface area (TPSA) is 34.4 Å². The zero-order valence-corrected chi connectivity index (χ0v) is 13.4. The van der Waals surface area contributed by atoms with Gasteiger partial charge in [-0.05, 0) is 12.5 Å². The van der Waals surface area contributed by atoms with Crippen molar-refractivity contribution in [3.63, 3.8) is 0 Å². The molecule has 3 nitrogen and oxygen atoms in total. The lowest BCUT2D eigenvalue weighted by Crippen LogP contribution is -2.22. The molecule has 0 radical (unpaired) electrons. The maximum absolute atomic E-state index is 5.97. The van der Waals surface area contributed by atoms with Gasteiger partial charge in [-0.2, -0.15) is 0 Å². The average molecular weight is 289 g/mol. The molecular formula is C18H27NO2. The van der Waals surface area contributed by atoms with Crippen LogP contribution in [0, 0.1) is 0 Å². The van der Waals surface area contributed by atoms with Crippen LogP contribution in [0.2, 0.25) is 0 Å². The van der Waals surface area contributed by atoms with Gasteiger partial charge in [0.25, 0.3) is 0 Å². The van der Waals surface area contributed by atoms with Crippen molar-refractivity contribution in [1.29, 1.82) is 0 Å². The third-order valence-electron chi connectivity index (χ3n) is 3.59. The Hall–Kier alpha value is -1.32. The molecular weight excluding hydrogens is 262 g/mol. The molecule has 1 aromatic heterocycles. The standard InChI is InChI=1S/C18H27NO2/c1-4-5-8-11-20-13-18-16(12-19-14(2)3)15-9-6-7-10-17(15)21-18/h6-7,9-10,14,19H,4-5,8,11-13H2,1-3H3. The number of hydrogen-bond donors (Lipinski definition) is 1. The van der Waals surface area contributed by atoms with Gasteiger partial charge in [-0.1, -0.05) is 51.8 Å². The van der Waals surface area contributed by atoms with Gasteiger partial charge in [0.05, 0.1) is 0 Å². The average Bonchev–Trinajstić information content (AvgIpc) is 2.82. The zero-order chi connectivity index (χ0) is 15.1. The molecule has 0 fully saturated rings. The molecule has 0 bridgehead atoms. The first kappa shape index (κ1) is 16.1. The molecule has 116 valence electrons. The summed E-state index contributed by atoms with van der Waals surface area (Å²) in [6.07, 6.45) is 3.57. The highest BCUT2D eigenvalue weighted by atomic mass is 16.5. The molecule has 1 aromatic carbocycles. The molecule has 0 unspecified atom stereocenters. The quantitative estimate of drug-likeness (QED) is 0.683. The molecule has 21 heavy (non-hydrogen) atoms. The van der Waals surface area contributed by atoms with E-state index in [1.807, 2.05) is 12.1 Å². The van der Waals surface area contributed by atoms with E-state index in [1.165, 1.54) is 23.8 Å². The summed E-state index contributed by atoms with van der Waals surface area (Å²) < 4.78 is 11.8. The Morgan fingerprint density at radius 1 is 1.19 bits per heavy atom. The Kier molecular flexibility index (Phi) is 6.27. The first-order valence-electron chi connectivity index (χ1n) is 8.02. The molecule has 0 aliphatic rings. The molecule has 0 saturated heterocycles. The third kappa shape index (κ3) is 4.58. The Balaban J connectivity index is 2.07. The minimum Gasteiger partial charge on any atom is -0.458 e. The van der Waals surface area contributed by atoms with Crippen molar-refractivity contribution in [2.24, 2.45) is 0 Å². The van der Waals surface area contributed by atoms with Crippen LogP contribution in [0.25, 0.3) is 11.0 Å². The van der Waals surface area contributed by atoms with Crippen molar-refractivity contribution < 1.29 is 9.15 Å². The molecule has 1 N–H and O–H groups in total. The van der Waals surface area contributed by atoms with Crippen molar-refractivity contribution in [1.82, 2.24) is 5.32 Å². The highest BCUT2D eigenvalue weighted by molar-refractivity contribution is 5.82. The summed E-state index contributed by atoms with van der Waals surface area (Å²) in [7, 11) is 0. The van der Waals surface area contributed by atoms with Crippen LogP contribution in [0.1, 0.15) is 51.4 Å². The minimum atomic E-state index is 0.456. The zero-order valence-electron chi connectivity index (χ0n) is 13.4. The number of benzene rings is 1. The number of hydrogen-bond acceptors (Lipinski definition) is 3. The molecule has 0 spiro atoms. The monoisotopic (exact) mass is 289 g/mol. The molecule has 3 heteroatoms. The SMILES string of the molecule is CCCCCOCc1oc2ccccc2c1CNC(C)C. The van der Waals surface area contributed by atoms with Crippen LogP contribution in [0.5, 0.6) is 0 Å². The normalized spacial score (nSPS) is 11.6. The van der Waals surface area contributed by atoms with Crippen molar-refractivity contribution >= 4 is 11.0 Å². The van der Waals surface area contributed by atoms with Crippen molar-refractivity contribution in [3.8, 4) is 0 Å². The number of furan rings is 1. The molecule has 2 rings (SSSR count). The van der Waals surface area contributed by atoms with Crippen LogP contribution in [-0.2, 0) is 17.9 Å². The van der Waals surface area contributed by atoms with Crippen LogP contribution in [0.3, 0.4) is 0 Å². The first-order chi connectivity index (χ1) is 10.2. The Morgan fingerprint density at radius 3 is 2.76 bits per heavy atom. The van der Waals surface area contributed by atoms with Crippen molar-refractivity contribution in [2.45, 2.75) is 59.2 Å². The highest BCUT2D eigenvalue weighted by Crippen LogP contribution is 2.26. The van der Waals surface area contributed by atoms with Gasteiger partial charge in [0.15, 0.2) is 0 Å². The first-order valence-corrected chi connectivity index (χ1v) is 8.02. The van der Waals surface area contributed by atoms with Gasteiger partial charge < -0.3 is 14.5 Å². The molecule has 1 heterocycles. The van der Waals surface area contributed by atoms with E-state index in [0.29, 0.717) is 12.6 Å². The predicted octanol–water partition coefficient (Wildman–Crippen LogP) is 4.64. The fourth-order valence-electron chi connectivity index (χ4n) is 2.39. The van der Waals surface area contributed by atoms with Gasteiger partial charge in [-0.3, -0.25) is 0 Å². The number of ether oxygens (including phenoxy) is 1. The third-order valence-corrected chi connectivity index (χ3v) is 3.59. The lowest BCUT2D eigenvalue weighted by atomic mass is 10.1. The Bertz CT molecular complexity index is 545. The van der Waals surface area contributed by atoms with E-state index >= 15 is 0 Å². The Labute approximate surface area is 127 Å². The lowest BCUT2D eigenvalue weighted by Gasteiger charge is -2.09. The molecule has 0 aliphatic heterocycles. The van der Waals surface area contributed by atoms with E-state index in [-0.39, 0.29) is 0 Å². The van der Waals surface area contributed by atoms with E-state index in [4.69, 9.17) is 9.15 Å². The molecule has 0 atom stereocenters. The van der Waals surface area contributed by atoms with E-state index in [9.17, 15) is 0 Å². The van der Waals surface area contributed by atoms with Crippen LogP contribution < -0.4 is 5.32 Å². The van der Waals surface area contributed by atoms with Gasteiger partial charge in [-0.15, -0.1) is 0 Å². The Morgan fingerprint density at radius 2 is 2.00 bits per heavy atom. The predicted molar refractivity (Wildman–Crippen MR) is 87.4 cm³/mol. The largest absolute Gasteiger partial charge is 0.458 e. The van der Waals surface area contributed by atoms with Gasteiger partial charge in [-0.25, -0.2) is 0 Å². The van der Waals surface area contributed by atoms with Crippen LogP contribution >= 0.6 is 0 Å². The maximum Gasteiger partial charge on any atom is 0.135 e. The second kappa shape index (κ2) is 8.20. The number of unbranched alkanes of at least 4 members (excludes halogenated alkanes) is 2. The van der Waals surface area contributed by atoms with E-state index < -0.39 is 0 Å². The molecule has 0 aliphatic carbocycles. The molecule has 0 amide bonds. The minimum absolute atomic E-state index is 0.456. The lowest BCUT2D eigenvalue weighted by molar-refractivity contribution is 0.103. The summed E-state index contributed by atoms with van der Waals surface area (Å²) in [4.78, 5) is 0.